The Balaban J connectivity index is 3.20. The van der Waals surface area contributed by atoms with Crippen LogP contribution in [0.4, 0.5) is 5.69 Å². The number of carbonyl (C=O) groups is 2. The van der Waals surface area contributed by atoms with Crippen molar-refractivity contribution in [3.05, 3.63) is 28.8 Å². The van der Waals surface area contributed by atoms with E-state index in [0.29, 0.717) is 17.3 Å². The maximum atomic E-state index is 11.4. The molecule has 0 fully saturated rings. The van der Waals surface area contributed by atoms with Crippen LogP contribution in [0.2, 0.25) is 5.02 Å². The van der Waals surface area contributed by atoms with E-state index in [1.165, 1.54) is 6.07 Å². The van der Waals surface area contributed by atoms with Crippen LogP contribution in [-0.4, -0.2) is 30.1 Å². The number of benzene rings is 1. The fraction of sp³-hybridized carbons (Fsp3) is 0.385. The monoisotopic (exact) mass is 284 g/mol. The number of aliphatic carboxylic acids is 1. The Morgan fingerprint density at radius 1 is 1.42 bits per heavy atom. The van der Waals surface area contributed by atoms with E-state index in [1.807, 2.05) is 13.8 Å². The fourth-order valence-corrected chi connectivity index (χ4v) is 2.01. The molecule has 0 aromatic heterocycles. The largest absolute Gasteiger partial charge is 0.480 e. The van der Waals surface area contributed by atoms with Gasteiger partial charge in [-0.25, -0.2) is 0 Å². The topological polar surface area (TPSA) is 83.6 Å². The Morgan fingerprint density at radius 3 is 2.53 bits per heavy atom. The molecule has 0 atom stereocenters. The van der Waals surface area contributed by atoms with E-state index < -0.39 is 11.9 Å². The number of nitrogens with zero attached hydrogens (tertiary/aromatic N) is 1. The van der Waals surface area contributed by atoms with Gasteiger partial charge in [0.1, 0.15) is 6.54 Å². The van der Waals surface area contributed by atoms with E-state index in [9.17, 15) is 9.59 Å². The van der Waals surface area contributed by atoms with E-state index in [2.05, 4.69) is 0 Å². The van der Waals surface area contributed by atoms with Crippen molar-refractivity contribution in [2.75, 3.05) is 18.0 Å². The van der Waals surface area contributed by atoms with Gasteiger partial charge >= 0.3 is 5.97 Å². The summed E-state index contributed by atoms with van der Waals surface area (Å²) in [5.41, 5.74) is 6.04. The Labute approximate surface area is 117 Å². The minimum Gasteiger partial charge on any atom is -0.480 e. The number of halogens is 1. The molecule has 0 unspecified atom stereocenters. The Kier molecular flexibility index (Phi) is 5.18. The van der Waals surface area contributed by atoms with Gasteiger partial charge < -0.3 is 15.7 Å². The highest BCUT2D eigenvalue weighted by atomic mass is 35.5. The molecule has 0 saturated carbocycles. The number of hydrogen-bond donors (Lipinski definition) is 2. The van der Waals surface area contributed by atoms with Crippen molar-refractivity contribution in [1.82, 2.24) is 0 Å². The van der Waals surface area contributed by atoms with E-state index in [4.69, 9.17) is 22.4 Å². The first-order valence-electron chi connectivity index (χ1n) is 5.87. The summed E-state index contributed by atoms with van der Waals surface area (Å²) in [5, 5.41) is 9.34. The van der Waals surface area contributed by atoms with Crippen molar-refractivity contribution in [1.29, 1.82) is 0 Å². The van der Waals surface area contributed by atoms with Crippen molar-refractivity contribution >= 4 is 29.2 Å². The molecule has 3 N–H and O–H groups in total. The number of carboxylic acid groups (broad SMARTS) is 1. The summed E-state index contributed by atoms with van der Waals surface area (Å²) >= 11 is 5.83. The van der Waals surface area contributed by atoms with Crippen LogP contribution in [0.15, 0.2) is 18.2 Å². The first kappa shape index (κ1) is 15.3. The van der Waals surface area contributed by atoms with Crippen molar-refractivity contribution < 1.29 is 14.7 Å². The second kappa shape index (κ2) is 6.43. The normalized spacial score (nSPS) is 10.5. The zero-order valence-electron chi connectivity index (χ0n) is 10.9. The lowest BCUT2D eigenvalue weighted by molar-refractivity contribution is -0.135. The van der Waals surface area contributed by atoms with Crippen LogP contribution >= 0.6 is 11.6 Å². The summed E-state index contributed by atoms with van der Waals surface area (Å²) in [7, 11) is 0. The summed E-state index contributed by atoms with van der Waals surface area (Å²) in [6, 6.07) is 4.68. The molecule has 1 amide bonds. The minimum atomic E-state index is -0.967. The van der Waals surface area contributed by atoms with Crippen molar-refractivity contribution in [3.8, 4) is 0 Å². The average Bonchev–Trinajstić information content (AvgIpc) is 2.26. The number of carbonyl (C=O) groups excluding carboxylic acids is 1. The van der Waals surface area contributed by atoms with Gasteiger partial charge in [-0.2, -0.15) is 0 Å². The zero-order chi connectivity index (χ0) is 14.6. The molecule has 6 heteroatoms. The molecule has 1 aromatic rings. The molecule has 5 nitrogen and oxygen atoms in total. The first-order chi connectivity index (χ1) is 8.81. The molecule has 0 heterocycles. The highest BCUT2D eigenvalue weighted by Crippen LogP contribution is 2.24. The molecule has 1 aromatic carbocycles. The van der Waals surface area contributed by atoms with E-state index >= 15 is 0 Å². The average molecular weight is 285 g/mol. The number of amides is 1. The summed E-state index contributed by atoms with van der Waals surface area (Å²) in [5.74, 6) is -1.35. The summed E-state index contributed by atoms with van der Waals surface area (Å²) in [4.78, 5) is 24.0. The van der Waals surface area contributed by atoms with Crippen LogP contribution in [0.1, 0.15) is 24.2 Å². The van der Waals surface area contributed by atoms with Gasteiger partial charge in [-0.3, -0.25) is 9.59 Å². The number of rotatable bonds is 6. The highest BCUT2D eigenvalue weighted by molar-refractivity contribution is 6.31. The molecule has 0 spiro atoms. The molecule has 0 aliphatic rings. The Morgan fingerprint density at radius 2 is 2.05 bits per heavy atom. The molecule has 19 heavy (non-hydrogen) atoms. The molecule has 104 valence electrons. The number of carboxylic acids is 1. The predicted molar refractivity (Wildman–Crippen MR) is 74.7 cm³/mol. The highest BCUT2D eigenvalue weighted by Gasteiger charge is 2.18. The van der Waals surface area contributed by atoms with Gasteiger partial charge in [0.25, 0.3) is 5.91 Å². The molecule has 0 saturated heterocycles. The lowest BCUT2D eigenvalue weighted by Crippen LogP contribution is -2.34. The van der Waals surface area contributed by atoms with Crippen LogP contribution in [0, 0.1) is 5.92 Å². The van der Waals surface area contributed by atoms with Gasteiger partial charge in [0.05, 0.1) is 11.3 Å². The maximum absolute atomic E-state index is 11.4. The number of primary amides is 1. The van der Waals surface area contributed by atoms with E-state index in [-0.39, 0.29) is 18.0 Å². The molecule has 0 radical (unpaired) electrons. The first-order valence-corrected chi connectivity index (χ1v) is 6.25. The molecule has 0 bridgehead atoms. The van der Waals surface area contributed by atoms with Crippen LogP contribution in [-0.2, 0) is 4.79 Å². The van der Waals surface area contributed by atoms with E-state index in [1.54, 1.807) is 17.0 Å². The minimum absolute atomic E-state index is 0.194. The van der Waals surface area contributed by atoms with Gasteiger partial charge in [-0.15, -0.1) is 0 Å². The second-order valence-electron chi connectivity index (χ2n) is 4.69. The summed E-state index contributed by atoms with van der Waals surface area (Å²) in [6.45, 7) is 4.25. The Bertz CT molecular complexity index is 489. The fourth-order valence-electron chi connectivity index (χ4n) is 1.83. The van der Waals surface area contributed by atoms with E-state index in [0.717, 1.165) is 0 Å². The van der Waals surface area contributed by atoms with Gasteiger partial charge in [-0.1, -0.05) is 25.4 Å². The second-order valence-corrected chi connectivity index (χ2v) is 5.13. The lowest BCUT2D eigenvalue weighted by atomic mass is 10.1. The molecule has 1 rings (SSSR count). The van der Waals surface area contributed by atoms with Crippen LogP contribution < -0.4 is 10.6 Å². The third-order valence-corrected chi connectivity index (χ3v) is 2.71. The predicted octanol–water partition coefficient (Wildman–Crippen LogP) is 1.99. The third kappa shape index (κ3) is 4.44. The zero-order valence-corrected chi connectivity index (χ0v) is 11.6. The molecular weight excluding hydrogens is 268 g/mol. The van der Waals surface area contributed by atoms with Crippen LogP contribution in [0.5, 0.6) is 0 Å². The van der Waals surface area contributed by atoms with Crippen molar-refractivity contribution in [3.63, 3.8) is 0 Å². The third-order valence-electron chi connectivity index (χ3n) is 2.48. The lowest BCUT2D eigenvalue weighted by Gasteiger charge is -2.26. The van der Waals surface area contributed by atoms with Crippen LogP contribution in [0.25, 0.3) is 0 Å². The van der Waals surface area contributed by atoms with Crippen molar-refractivity contribution in [2.24, 2.45) is 11.7 Å². The quantitative estimate of drug-likeness (QED) is 0.837. The number of anilines is 1. The van der Waals surface area contributed by atoms with Gasteiger partial charge in [0.2, 0.25) is 0 Å². The van der Waals surface area contributed by atoms with Crippen molar-refractivity contribution in [2.45, 2.75) is 13.8 Å². The SMILES string of the molecule is CC(C)CN(CC(=O)O)c1ccc(Cl)cc1C(N)=O. The summed E-state index contributed by atoms with van der Waals surface area (Å²) in [6.07, 6.45) is 0. The van der Waals surface area contributed by atoms with Gasteiger partial charge in [-0.05, 0) is 24.1 Å². The smallest absolute Gasteiger partial charge is 0.323 e. The number of nitrogens with two attached hydrogens (primary N) is 1. The molecule has 0 aliphatic carbocycles. The van der Waals surface area contributed by atoms with Gasteiger partial charge in [0, 0.05) is 11.6 Å². The maximum Gasteiger partial charge on any atom is 0.323 e. The summed E-state index contributed by atoms with van der Waals surface area (Å²) < 4.78 is 0. The van der Waals surface area contributed by atoms with Crippen LogP contribution in [0.3, 0.4) is 0 Å². The molecular formula is C13H17ClN2O3. The number of hydrogen-bond acceptors (Lipinski definition) is 3. The Hall–Kier alpha value is -1.75. The van der Waals surface area contributed by atoms with Gasteiger partial charge in [0.15, 0.2) is 0 Å². The molecule has 0 aliphatic heterocycles. The standard InChI is InChI=1S/C13H17ClN2O3/c1-8(2)6-16(7-12(17)18)11-4-3-9(14)5-10(11)13(15)19/h3-5,8H,6-7H2,1-2H3,(H2,15,19)(H,17,18).